The molecule has 0 unspecified atom stereocenters. The van der Waals surface area contributed by atoms with Gasteiger partial charge in [-0.25, -0.2) is 4.79 Å². The number of carboxylic acid groups (broad SMARTS) is 1. The van der Waals surface area contributed by atoms with Crippen molar-refractivity contribution in [2.75, 3.05) is 0 Å². The van der Waals surface area contributed by atoms with Crippen molar-refractivity contribution < 1.29 is 9.90 Å². The molecule has 0 fully saturated rings. The minimum atomic E-state index is -0.930. The van der Waals surface area contributed by atoms with Crippen LogP contribution in [0.2, 0.25) is 0 Å². The van der Waals surface area contributed by atoms with E-state index in [9.17, 15) is 9.90 Å². The van der Waals surface area contributed by atoms with Gasteiger partial charge in [0, 0.05) is 44.9 Å². The lowest BCUT2D eigenvalue weighted by Gasteiger charge is -2.10. The third kappa shape index (κ3) is 4.02. The average Bonchev–Trinajstić information content (AvgIpc) is 3.40. The van der Waals surface area contributed by atoms with Crippen LogP contribution in [-0.2, 0) is 17.8 Å². The lowest BCUT2D eigenvalue weighted by Crippen LogP contribution is -1.96. The zero-order valence-electron chi connectivity index (χ0n) is 17.6. The predicted octanol–water partition coefficient (Wildman–Crippen LogP) is 7.02. The van der Waals surface area contributed by atoms with Gasteiger partial charge in [0.2, 0.25) is 0 Å². The maximum absolute atomic E-state index is 11.3. The van der Waals surface area contributed by atoms with Crippen molar-refractivity contribution >= 4 is 23.8 Å². The molecule has 2 heterocycles. The van der Waals surface area contributed by atoms with Crippen LogP contribution in [0.4, 0.5) is 0 Å². The highest BCUT2D eigenvalue weighted by Crippen LogP contribution is 2.44. The number of aliphatic carboxylic acids is 1. The van der Waals surface area contributed by atoms with Crippen LogP contribution in [0.5, 0.6) is 0 Å². The van der Waals surface area contributed by atoms with Crippen molar-refractivity contribution in [3.05, 3.63) is 102 Å². The second-order valence-corrected chi connectivity index (χ2v) is 8.96. The van der Waals surface area contributed by atoms with Crippen LogP contribution in [0.15, 0.2) is 101 Å². The summed E-state index contributed by atoms with van der Waals surface area (Å²) in [6, 6.07) is 29.4. The van der Waals surface area contributed by atoms with Crippen molar-refractivity contribution in [3.8, 4) is 22.3 Å². The van der Waals surface area contributed by atoms with Gasteiger partial charge in [0.05, 0.1) is 0 Å². The molecule has 158 valence electrons. The lowest BCUT2D eigenvalue weighted by molar-refractivity contribution is -0.131. The molecule has 0 saturated heterocycles. The SMILES string of the molecule is O=C(O)/C=C/c1c(-c2ccc(Sc3ccccc3)cc2)c(-c2ccccc2)c2n1CCC2. The van der Waals surface area contributed by atoms with E-state index in [4.69, 9.17) is 0 Å². The first-order valence-corrected chi connectivity index (χ1v) is 11.6. The topological polar surface area (TPSA) is 42.2 Å². The molecule has 0 amide bonds. The zero-order chi connectivity index (χ0) is 21.9. The number of carbonyl (C=O) groups is 1. The Bertz CT molecular complexity index is 1270. The average molecular weight is 438 g/mol. The molecule has 4 heteroatoms. The Kier molecular flexibility index (Phi) is 5.70. The zero-order valence-corrected chi connectivity index (χ0v) is 18.4. The molecule has 3 nitrogen and oxygen atoms in total. The number of rotatable bonds is 6. The van der Waals surface area contributed by atoms with Gasteiger partial charge in [0.25, 0.3) is 0 Å². The van der Waals surface area contributed by atoms with Gasteiger partial charge in [-0.3, -0.25) is 0 Å². The molecule has 3 aromatic carbocycles. The van der Waals surface area contributed by atoms with Gasteiger partial charge in [0.1, 0.15) is 0 Å². The van der Waals surface area contributed by atoms with E-state index in [0.717, 1.165) is 36.2 Å². The predicted molar refractivity (Wildman–Crippen MR) is 131 cm³/mol. The van der Waals surface area contributed by atoms with Gasteiger partial charge >= 0.3 is 5.97 Å². The van der Waals surface area contributed by atoms with E-state index >= 15 is 0 Å². The van der Waals surface area contributed by atoms with Crippen LogP contribution in [0.25, 0.3) is 28.3 Å². The van der Waals surface area contributed by atoms with Gasteiger partial charge in [-0.1, -0.05) is 72.4 Å². The van der Waals surface area contributed by atoms with Crippen LogP contribution in [0.3, 0.4) is 0 Å². The number of nitrogens with zero attached hydrogens (tertiary/aromatic N) is 1. The Morgan fingerprint density at radius 1 is 0.812 bits per heavy atom. The summed E-state index contributed by atoms with van der Waals surface area (Å²) < 4.78 is 2.30. The van der Waals surface area contributed by atoms with Crippen molar-refractivity contribution in [2.24, 2.45) is 0 Å². The van der Waals surface area contributed by atoms with Crippen LogP contribution in [0.1, 0.15) is 17.8 Å². The van der Waals surface area contributed by atoms with E-state index in [1.165, 1.54) is 32.7 Å². The fraction of sp³-hybridized carbons (Fsp3) is 0.107. The van der Waals surface area contributed by atoms with Crippen molar-refractivity contribution in [1.29, 1.82) is 0 Å². The van der Waals surface area contributed by atoms with Crippen LogP contribution >= 0.6 is 11.8 Å². The molecule has 0 saturated carbocycles. The van der Waals surface area contributed by atoms with Crippen LogP contribution < -0.4 is 0 Å². The molecule has 0 atom stereocenters. The lowest BCUT2D eigenvalue weighted by atomic mass is 9.93. The highest BCUT2D eigenvalue weighted by Gasteiger charge is 2.26. The second-order valence-electron chi connectivity index (χ2n) is 7.81. The molecule has 32 heavy (non-hydrogen) atoms. The van der Waals surface area contributed by atoms with E-state index < -0.39 is 5.97 Å². The molecule has 4 aromatic rings. The molecular weight excluding hydrogens is 414 g/mol. The summed E-state index contributed by atoms with van der Waals surface area (Å²) in [4.78, 5) is 13.7. The molecular formula is C28H23NO2S. The number of benzene rings is 3. The summed E-state index contributed by atoms with van der Waals surface area (Å²) in [6.07, 6.45) is 5.08. The van der Waals surface area contributed by atoms with E-state index in [-0.39, 0.29) is 0 Å². The Balaban J connectivity index is 1.63. The van der Waals surface area contributed by atoms with Gasteiger partial charge < -0.3 is 9.67 Å². The fourth-order valence-corrected chi connectivity index (χ4v) is 5.29. The largest absolute Gasteiger partial charge is 0.478 e. The molecule has 5 rings (SSSR count). The number of fused-ring (bicyclic) bond motifs is 1. The summed E-state index contributed by atoms with van der Waals surface area (Å²) in [7, 11) is 0. The second kappa shape index (κ2) is 8.93. The Morgan fingerprint density at radius 2 is 1.44 bits per heavy atom. The molecule has 1 N–H and O–H groups in total. The van der Waals surface area contributed by atoms with Gasteiger partial charge in [-0.05, 0) is 54.3 Å². The van der Waals surface area contributed by atoms with Crippen LogP contribution in [-0.4, -0.2) is 15.6 Å². The van der Waals surface area contributed by atoms with Gasteiger partial charge in [0.15, 0.2) is 0 Å². The highest BCUT2D eigenvalue weighted by molar-refractivity contribution is 7.99. The molecule has 1 aromatic heterocycles. The summed E-state index contributed by atoms with van der Waals surface area (Å²) in [5, 5.41) is 9.29. The summed E-state index contributed by atoms with van der Waals surface area (Å²) in [5.74, 6) is -0.930. The smallest absolute Gasteiger partial charge is 0.328 e. The first kappa shape index (κ1) is 20.4. The third-order valence-electron chi connectivity index (χ3n) is 5.77. The standard InChI is InChI=1S/C28H23NO2S/c30-26(31)18-17-25-28(21-13-15-23(16-14-21)32-22-10-5-2-6-11-22)27(20-8-3-1-4-9-20)24-12-7-19-29(24)25/h1-6,8-11,13-18H,7,12,19H2,(H,30,31)/b18-17+. The molecule has 0 radical (unpaired) electrons. The quantitative estimate of drug-likeness (QED) is 0.330. The first-order chi connectivity index (χ1) is 15.7. The van der Waals surface area contributed by atoms with Gasteiger partial charge in [-0.2, -0.15) is 0 Å². The molecule has 1 aliphatic heterocycles. The number of aromatic nitrogens is 1. The maximum atomic E-state index is 11.3. The Morgan fingerprint density at radius 3 is 2.12 bits per heavy atom. The molecule has 1 aliphatic rings. The van der Waals surface area contributed by atoms with Gasteiger partial charge in [-0.15, -0.1) is 0 Å². The Hall–Kier alpha value is -3.50. The van der Waals surface area contributed by atoms with E-state index in [1.807, 2.05) is 24.3 Å². The Labute approximate surface area is 192 Å². The summed E-state index contributed by atoms with van der Waals surface area (Å²) in [6.45, 7) is 0.913. The van der Waals surface area contributed by atoms with Crippen molar-refractivity contribution in [1.82, 2.24) is 4.57 Å². The molecule has 0 spiro atoms. The minimum absolute atomic E-state index is 0.913. The fourth-order valence-electron chi connectivity index (χ4n) is 4.45. The van der Waals surface area contributed by atoms with Crippen LogP contribution in [0, 0.1) is 0 Å². The van der Waals surface area contributed by atoms with Crippen molar-refractivity contribution in [3.63, 3.8) is 0 Å². The molecule has 0 bridgehead atoms. The first-order valence-electron chi connectivity index (χ1n) is 10.8. The number of hydrogen-bond donors (Lipinski definition) is 1. The third-order valence-corrected chi connectivity index (χ3v) is 6.79. The van der Waals surface area contributed by atoms with E-state index in [1.54, 1.807) is 17.8 Å². The summed E-state index contributed by atoms with van der Waals surface area (Å²) in [5.41, 5.74) is 6.87. The minimum Gasteiger partial charge on any atom is -0.478 e. The van der Waals surface area contributed by atoms with E-state index in [2.05, 4.69) is 65.2 Å². The maximum Gasteiger partial charge on any atom is 0.328 e. The monoisotopic (exact) mass is 437 g/mol. The number of hydrogen-bond acceptors (Lipinski definition) is 2. The normalized spacial score (nSPS) is 12.9. The summed E-state index contributed by atoms with van der Waals surface area (Å²) >= 11 is 1.74. The number of carboxylic acids is 1. The van der Waals surface area contributed by atoms with E-state index in [0.29, 0.717) is 0 Å². The van der Waals surface area contributed by atoms with Crippen molar-refractivity contribution in [2.45, 2.75) is 29.2 Å². The highest BCUT2D eigenvalue weighted by atomic mass is 32.2. The molecule has 0 aliphatic carbocycles.